The average molecular weight is 736 g/mol. The smallest absolute Gasteiger partial charge is 0.263 e. The first-order valence-corrected chi connectivity index (χ1v) is 19.1. The van der Waals surface area contributed by atoms with Crippen molar-refractivity contribution >= 4 is 93.5 Å². The lowest BCUT2D eigenvalue weighted by atomic mass is 10.1. The van der Waals surface area contributed by atoms with E-state index in [4.69, 9.17) is 23.2 Å². The van der Waals surface area contributed by atoms with E-state index in [9.17, 15) is 21.6 Å². The molecule has 11 nitrogen and oxygen atoms in total. The van der Waals surface area contributed by atoms with E-state index in [2.05, 4.69) is 24.7 Å². The highest BCUT2D eigenvalue weighted by molar-refractivity contribution is 7.93. The molecule has 46 heavy (non-hydrogen) atoms. The van der Waals surface area contributed by atoms with E-state index in [1.807, 2.05) is 0 Å². The van der Waals surface area contributed by atoms with Gasteiger partial charge in [0.2, 0.25) is 0 Å². The number of nitrogens with zero attached hydrogens (tertiary/aromatic N) is 3. The number of rotatable bonds is 7. The number of fused-ring (bicyclic) bond motifs is 2. The van der Waals surface area contributed by atoms with Gasteiger partial charge in [0.25, 0.3) is 26.0 Å². The number of hydrogen-bond acceptors (Lipinski definition) is 10. The molecule has 17 heteroatoms. The molecule has 0 bridgehead atoms. The minimum absolute atomic E-state index is 0.125. The van der Waals surface area contributed by atoms with Crippen LogP contribution in [0.25, 0.3) is 0 Å². The summed E-state index contributed by atoms with van der Waals surface area (Å²) in [4.78, 5) is 22.7. The topological polar surface area (TPSA) is 150 Å². The largest absolute Gasteiger partial charge is 0.384 e. The Hall–Kier alpha value is -3.73. The Kier molecular flexibility index (Phi) is 9.23. The summed E-state index contributed by atoms with van der Waals surface area (Å²) in [5.74, 6) is -0.253. The van der Waals surface area contributed by atoms with Crippen molar-refractivity contribution in [2.45, 2.75) is 22.6 Å². The SMILES string of the molecule is O=C(c1ccc(Cl)cc1Cl)N1CCc2cc(S(=O)(=O)Nc3nccs3)ccc21.O=S(=O)(Nc1nccs1)c1ccc2c(c1)CCN2. The van der Waals surface area contributed by atoms with Crippen LogP contribution in [0.5, 0.6) is 0 Å². The minimum atomic E-state index is -3.75. The van der Waals surface area contributed by atoms with Gasteiger partial charge in [-0.25, -0.2) is 26.8 Å². The molecule has 2 aromatic heterocycles. The van der Waals surface area contributed by atoms with Crippen LogP contribution in [-0.2, 0) is 32.9 Å². The molecule has 2 aliphatic rings. The normalized spacial score (nSPS) is 13.7. The molecule has 7 rings (SSSR count). The number of carbonyl (C=O) groups excluding carboxylic acids is 1. The Morgan fingerprint density at radius 3 is 2.04 bits per heavy atom. The molecule has 4 heterocycles. The van der Waals surface area contributed by atoms with Gasteiger partial charge >= 0.3 is 0 Å². The Morgan fingerprint density at radius 1 is 0.804 bits per heavy atom. The number of anilines is 4. The highest BCUT2D eigenvalue weighted by atomic mass is 35.5. The fourth-order valence-electron chi connectivity index (χ4n) is 4.91. The fourth-order valence-corrected chi connectivity index (χ4v) is 9.08. The van der Waals surface area contributed by atoms with Gasteiger partial charge in [0, 0.05) is 52.6 Å². The molecule has 0 unspecified atom stereocenters. The number of hydrogen-bond donors (Lipinski definition) is 3. The van der Waals surface area contributed by atoms with E-state index in [0.717, 1.165) is 29.8 Å². The van der Waals surface area contributed by atoms with E-state index < -0.39 is 20.0 Å². The van der Waals surface area contributed by atoms with Gasteiger partial charge in [-0.3, -0.25) is 14.2 Å². The van der Waals surface area contributed by atoms with Crippen molar-refractivity contribution in [3.05, 3.63) is 104 Å². The van der Waals surface area contributed by atoms with Gasteiger partial charge in [-0.15, -0.1) is 22.7 Å². The number of thiazole rings is 2. The number of nitrogens with one attached hydrogen (secondary N) is 3. The number of carbonyl (C=O) groups is 1. The maximum Gasteiger partial charge on any atom is 0.263 e. The molecule has 3 aromatic carbocycles. The Morgan fingerprint density at radius 2 is 1.43 bits per heavy atom. The summed E-state index contributed by atoms with van der Waals surface area (Å²) in [6, 6.07) is 14.5. The number of benzene rings is 3. The zero-order valence-corrected chi connectivity index (χ0v) is 28.4. The monoisotopic (exact) mass is 734 g/mol. The van der Waals surface area contributed by atoms with Crippen molar-refractivity contribution in [1.82, 2.24) is 9.97 Å². The molecule has 0 radical (unpaired) electrons. The summed E-state index contributed by atoms with van der Waals surface area (Å²) in [5, 5.41) is 8.02. The zero-order chi connectivity index (χ0) is 32.5. The molecule has 2 aliphatic heterocycles. The first kappa shape index (κ1) is 32.2. The third-order valence-corrected chi connectivity index (χ3v) is 11.9. The van der Waals surface area contributed by atoms with Gasteiger partial charge < -0.3 is 10.2 Å². The molecule has 0 aliphatic carbocycles. The van der Waals surface area contributed by atoms with Gasteiger partial charge in [-0.2, -0.15) is 0 Å². The average Bonchev–Trinajstić information content (AvgIpc) is 3.84. The van der Waals surface area contributed by atoms with Crippen LogP contribution in [-0.4, -0.2) is 45.8 Å². The summed E-state index contributed by atoms with van der Waals surface area (Å²) in [5.41, 5.74) is 3.85. The molecular weight excluding hydrogens is 712 g/mol. The van der Waals surface area contributed by atoms with Crippen LogP contribution in [0.4, 0.5) is 21.6 Å². The van der Waals surface area contributed by atoms with E-state index >= 15 is 0 Å². The molecule has 0 atom stereocenters. The van der Waals surface area contributed by atoms with E-state index in [0.29, 0.717) is 39.5 Å². The molecule has 0 spiro atoms. The fraction of sp³-hybridized carbons (Fsp3) is 0.138. The Labute approximate surface area is 283 Å². The van der Waals surface area contributed by atoms with Crippen LogP contribution in [0.15, 0.2) is 87.5 Å². The van der Waals surface area contributed by atoms with E-state index in [1.54, 1.807) is 64.3 Å². The van der Waals surface area contributed by atoms with Crippen LogP contribution >= 0.6 is 45.9 Å². The van der Waals surface area contributed by atoms with Crippen LogP contribution in [0.2, 0.25) is 10.0 Å². The van der Waals surface area contributed by atoms with Crippen molar-refractivity contribution in [3.63, 3.8) is 0 Å². The van der Waals surface area contributed by atoms with Gasteiger partial charge in [0.15, 0.2) is 10.3 Å². The van der Waals surface area contributed by atoms with Crippen molar-refractivity contribution in [2.24, 2.45) is 0 Å². The Balaban J connectivity index is 0.000000178. The van der Waals surface area contributed by atoms with Crippen molar-refractivity contribution in [3.8, 4) is 0 Å². The second-order valence-corrected chi connectivity index (χ2v) is 16.0. The van der Waals surface area contributed by atoms with Crippen molar-refractivity contribution < 1.29 is 21.6 Å². The number of halogens is 2. The molecule has 3 N–H and O–H groups in total. The van der Waals surface area contributed by atoms with E-state index in [1.165, 1.54) is 41.0 Å². The summed E-state index contributed by atoms with van der Waals surface area (Å²) >= 11 is 14.5. The standard InChI is InChI=1S/C18H13Cl2N3O3S2.C11H11N3O2S2/c19-12-1-3-14(15(20)10-12)17(24)23-7-5-11-9-13(2-4-16(11)23)28(25,26)22-18-21-6-8-27-18;15-18(16,14-11-13-5-6-17-11)9-1-2-10-8(7-9)3-4-12-10/h1-4,6,8-10H,5,7H2,(H,21,22);1-2,5-7,12H,3-4H2,(H,13,14). The summed E-state index contributed by atoms with van der Waals surface area (Å²) < 4.78 is 54.3. The first-order chi connectivity index (χ1) is 22.0. The second kappa shape index (κ2) is 13.2. The molecule has 0 saturated carbocycles. The summed E-state index contributed by atoms with van der Waals surface area (Å²) in [6.45, 7) is 1.30. The van der Waals surface area contributed by atoms with Gasteiger partial charge in [0.05, 0.1) is 20.4 Å². The first-order valence-electron chi connectivity index (χ1n) is 13.6. The van der Waals surface area contributed by atoms with Gasteiger partial charge in [0.1, 0.15) is 0 Å². The lowest BCUT2D eigenvalue weighted by Crippen LogP contribution is -2.29. The lowest BCUT2D eigenvalue weighted by molar-refractivity contribution is 0.0989. The number of amides is 1. The van der Waals surface area contributed by atoms with E-state index in [-0.39, 0.29) is 20.7 Å². The highest BCUT2D eigenvalue weighted by Gasteiger charge is 2.29. The van der Waals surface area contributed by atoms with Crippen LogP contribution in [0.3, 0.4) is 0 Å². The van der Waals surface area contributed by atoms with Crippen LogP contribution in [0, 0.1) is 0 Å². The highest BCUT2D eigenvalue weighted by Crippen LogP contribution is 2.33. The summed E-state index contributed by atoms with van der Waals surface area (Å²) in [7, 11) is -7.28. The molecule has 238 valence electrons. The zero-order valence-electron chi connectivity index (χ0n) is 23.6. The summed E-state index contributed by atoms with van der Waals surface area (Å²) in [6.07, 6.45) is 4.49. The lowest BCUT2D eigenvalue weighted by Gasteiger charge is -2.18. The minimum Gasteiger partial charge on any atom is -0.384 e. The Bertz CT molecular complexity index is 2130. The third-order valence-electron chi connectivity index (χ3n) is 7.07. The predicted molar refractivity (Wildman–Crippen MR) is 183 cm³/mol. The third kappa shape index (κ3) is 6.99. The van der Waals surface area contributed by atoms with Crippen molar-refractivity contribution in [2.75, 3.05) is 32.8 Å². The molecule has 0 saturated heterocycles. The predicted octanol–water partition coefficient (Wildman–Crippen LogP) is 6.37. The van der Waals surface area contributed by atoms with Crippen LogP contribution < -0.4 is 19.7 Å². The van der Waals surface area contributed by atoms with Crippen molar-refractivity contribution in [1.29, 1.82) is 0 Å². The van der Waals surface area contributed by atoms with Gasteiger partial charge in [-0.1, -0.05) is 23.2 Å². The molecule has 0 fully saturated rings. The maximum atomic E-state index is 12.9. The molecular formula is C29H24Cl2N6O5S4. The van der Waals surface area contributed by atoms with Gasteiger partial charge in [-0.05, 0) is 78.6 Å². The molecule has 1 amide bonds. The molecule has 5 aromatic rings. The quantitative estimate of drug-likeness (QED) is 0.175. The van der Waals surface area contributed by atoms with Crippen LogP contribution in [0.1, 0.15) is 21.5 Å². The maximum absolute atomic E-state index is 12.9. The second-order valence-electron chi connectivity index (χ2n) is 10.0. The number of sulfonamides is 2. The number of aromatic nitrogens is 2.